The molecule has 0 bridgehead atoms. The van der Waals surface area contributed by atoms with Crippen molar-refractivity contribution in [1.82, 2.24) is 19.5 Å². The van der Waals surface area contributed by atoms with E-state index in [1.54, 1.807) is 0 Å². The highest BCUT2D eigenvalue weighted by atomic mass is 16.3. The third kappa shape index (κ3) is 5.90. The predicted molar refractivity (Wildman–Crippen MR) is 264 cm³/mol. The zero-order valence-electron chi connectivity index (χ0n) is 39.1. The quantitative estimate of drug-likeness (QED) is 0.157. The minimum Gasteiger partial charge on any atom is -0.455 e. The van der Waals surface area contributed by atoms with Gasteiger partial charge in [0.1, 0.15) is 11.2 Å². The van der Waals surface area contributed by atoms with Crippen LogP contribution in [0, 0.1) is 0 Å². The smallest absolute Gasteiger partial charge is 0.167 e. The molecule has 0 N–H and O–H groups in total. The van der Waals surface area contributed by atoms with Crippen molar-refractivity contribution in [3.63, 3.8) is 0 Å². The maximum atomic E-state index is 9.07. The predicted octanol–water partition coefficient (Wildman–Crippen LogP) is 15.5. The molecule has 3 aromatic heterocycles. The second-order valence-electron chi connectivity index (χ2n) is 16.0. The molecule has 13 rings (SSSR count). The summed E-state index contributed by atoms with van der Waals surface area (Å²) in [6.45, 7) is 0. The van der Waals surface area contributed by atoms with E-state index >= 15 is 0 Å². The molecule has 0 spiro atoms. The van der Waals surface area contributed by atoms with Crippen LogP contribution in [-0.2, 0) is 0 Å². The topological polar surface area (TPSA) is 56.7 Å². The first-order chi connectivity index (χ1) is 33.8. The van der Waals surface area contributed by atoms with Crippen molar-refractivity contribution >= 4 is 65.3 Å². The molecule has 10 aromatic carbocycles. The molecule has 0 saturated heterocycles. The Bertz CT molecular complexity index is 4200. The van der Waals surface area contributed by atoms with Gasteiger partial charge in [-0.15, -0.1) is 0 Å². The van der Waals surface area contributed by atoms with Crippen molar-refractivity contribution in [1.29, 1.82) is 0 Å². The number of rotatable bonds is 6. The molecule has 0 amide bonds. The fraction of sp³-hybridized carbons (Fsp3) is 0. The van der Waals surface area contributed by atoms with Crippen molar-refractivity contribution in [3.8, 4) is 62.1 Å². The van der Waals surface area contributed by atoms with Gasteiger partial charge in [-0.2, -0.15) is 0 Å². The molecular weight excluding hydrogens is 781 g/mol. The van der Waals surface area contributed by atoms with Crippen LogP contribution >= 0.6 is 0 Å². The van der Waals surface area contributed by atoms with E-state index in [2.05, 4.69) is 108 Å². The monoisotopic (exact) mass is 821 g/mol. The Labute approximate surface area is 375 Å². The zero-order chi connectivity index (χ0) is 46.5. The second-order valence-corrected chi connectivity index (χ2v) is 16.0. The molecule has 0 radical (unpaired) electrons. The normalized spacial score (nSPS) is 12.8. The Morgan fingerprint density at radius 3 is 1.73 bits per heavy atom. The summed E-state index contributed by atoms with van der Waals surface area (Å²) in [6.07, 6.45) is 0. The molecular formula is C59H36N4O. The number of benzene rings is 10. The average molecular weight is 822 g/mol. The van der Waals surface area contributed by atoms with E-state index in [0.717, 1.165) is 82.1 Å². The largest absolute Gasteiger partial charge is 0.455 e. The Morgan fingerprint density at radius 1 is 0.375 bits per heavy atom. The van der Waals surface area contributed by atoms with Gasteiger partial charge < -0.3 is 8.98 Å². The minimum atomic E-state index is -0.501. The lowest BCUT2D eigenvalue weighted by Gasteiger charge is -2.13. The highest BCUT2D eigenvalue weighted by molar-refractivity contribution is 6.14. The van der Waals surface area contributed by atoms with Crippen LogP contribution in [0.1, 0.15) is 6.85 Å². The number of hydrogen-bond acceptors (Lipinski definition) is 4. The maximum absolute atomic E-state index is 9.07. The number of aromatic nitrogens is 4. The Hall–Kier alpha value is -8.67. The summed E-state index contributed by atoms with van der Waals surface area (Å²) in [4.78, 5) is 15.2. The van der Waals surface area contributed by atoms with Crippen LogP contribution in [0.2, 0.25) is 0 Å². The van der Waals surface area contributed by atoms with Crippen molar-refractivity contribution in [2.24, 2.45) is 0 Å². The van der Waals surface area contributed by atoms with Crippen molar-refractivity contribution < 1.29 is 11.3 Å². The van der Waals surface area contributed by atoms with E-state index in [0.29, 0.717) is 22.3 Å². The summed E-state index contributed by atoms with van der Waals surface area (Å²) in [5.74, 6) is 0.420. The van der Waals surface area contributed by atoms with Crippen LogP contribution in [0.15, 0.2) is 223 Å². The third-order valence-electron chi connectivity index (χ3n) is 12.3. The van der Waals surface area contributed by atoms with E-state index in [1.807, 2.05) is 84.9 Å². The van der Waals surface area contributed by atoms with Gasteiger partial charge in [0, 0.05) is 38.4 Å². The molecule has 64 heavy (non-hydrogen) atoms. The van der Waals surface area contributed by atoms with Crippen molar-refractivity contribution in [2.45, 2.75) is 0 Å². The molecule has 0 aliphatic carbocycles. The van der Waals surface area contributed by atoms with Gasteiger partial charge in [-0.25, -0.2) is 15.0 Å². The van der Waals surface area contributed by atoms with Crippen LogP contribution < -0.4 is 0 Å². The first-order valence-electron chi connectivity index (χ1n) is 23.7. The highest BCUT2D eigenvalue weighted by Gasteiger charge is 2.22. The summed E-state index contributed by atoms with van der Waals surface area (Å²) >= 11 is 0. The first kappa shape index (κ1) is 31.2. The Balaban J connectivity index is 1.11. The van der Waals surface area contributed by atoms with Crippen LogP contribution in [0.3, 0.4) is 0 Å². The van der Waals surface area contributed by atoms with Gasteiger partial charge in [0.2, 0.25) is 0 Å². The summed E-state index contributed by atoms with van der Waals surface area (Å²) in [5.41, 5.74) is 9.43. The standard InChI is InChI=1S/C59H36N4O/c1-3-14-37(15-4-1)41-19-13-20-42(32-41)43-30-31-55-50(33-43)51-35-45(63-53-24-11-9-22-47(53)48-23-10-12-25-54(48)63)36-52(56(51)64-55)59-61-57(40-17-5-2-6-18-40)60-58(62-59)44-29-28-39-27-26-38-16-7-8-21-46(38)49(39)34-44/h1-36H/i2D,5D,6D,17D,18D. The zero-order valence-corrected chi connectivity index (χ0v) is 34.1. The van der Waals surface area contributed by atoms with E-state index in [-0.39, 0.29) is 23.0 Å². The molecule has 0 aliphatic rings. The van der Waals surface area contributed by atoms with Gasteiger partial charge in [-0.1, -0.05) is 170 Å². The number of para-hydroxylation sites is 2. The van der Waals surface area contributed by atoms with Crippen LogP contribution in [0.25, 0.3) is 127 Å². The Morgan fingerprint density at radius 2 is 0.953 bits per heavy atom. The summed E-state index contributed by atoms with van der Waals surface area (Å²) in [6, 6.07) is 62.1. The second kappa shape index (κ2) is 14.5. The van der Waals surface area contributed by atoms with E-state index in [4.69, 9.17) is 26.2 Å². The summed E-state index contributed by atoms with van der Waals surface area (Å²) < 4.78 is 52.9. The van der Waals surface area contributed by atoms with Crippen molar-refractivity contribution in [3.05, 3.63) is 218 Å². The van der Waals surface area contributed by atoms with Gasteiger partial charge in [0.15, 0.2) is 17.5 Å². The van der Waals surface area contributed by atoms with E-state index in [9.17, 15) is 0 Å². The van der Waals surface area contributed by atoms with Gasteiger partial charge in [-0.3, -0.25) is 0 Å². The molecule has 0 saturated carbocycles. The van der Waals surface area contributed by atoms with Gasteiger partial charge in [0.25, 0.3) is 0 Å². The highest BCUT2D eigenvalue weighted by Crippen LogP contribution is 2.42. The lowest BCUT2D eigenvalue weighted by Crippen LogP contribution is -2.01. The van der Waals surface area contributed by atoms with Crippen LogP contribution in [0.4, 0.5) is 0 Å². The number of hydrogen-bond donors (Lipinski definition) is 0. The molecule has 0 atom stereocenters. The van der Waals surface area contributed by atoms with E-state index < -0.39 is 30.2 Å². The van der Waals surface area contributed by atoms with Gasteiger partial charge >= 0.3 is 0 Å². The summed E-state index contributed by atoms with van der Waals surface area (Å²) in [5, 5.41) is 8.08. The SMILES string of the molecule is [2H]c1c([2H])c([2H])c(-c2nc(-c3ccc4ccc5ccccc5c4c3)nc(-c3cc(-n4c5ccccc5c5ccccc54)cc4c3oc3ccc(-c5cccc(-c6ccccc6)c5)cc34)n2)c([2H])c1[2H]. The number of furan rings is 1. The van der Waals surface area contributed by atoms with Crippen LogP contribution in [0.5, 0.6) is 0 Å². The molecule has 3 heterocycles. The Kier molecular flexibility index (Phi) is 7.06. The maximum Gasteiger partial charge on any atom is 0.167 e. The average Bonchev–Trinajstić information content (AvgIpc) is 3.95. The fourth-order valence-electron chi connectivity index (χ4n) is 9.29. The lowest BCUT2D eigenvalue weighted by atomic mass is 9.97. The third-order valence-corrected chi connectivity index (χ3v) is 12.3. The van der Waals surface area contributed by atoms with E-state index in [1.165, 1.54) is 0 Å². The molecule has 13 aromatic rings. The first-order valence-corrected chi connectivity index (χ1v) is 21.2. The number of fused-ring (bicyclic) bond motifs is 9. The molecule has 298 valence electrons. The fourth-order valence-corrected chi connectivity index (χ4v) is 9.29. The molecule has 0 fully saturated rings. The lowest BCUT2D eigenvalue weighted by molar-refractivity contribution is 0.669. The molecule has 5 heteroatoms. The van der Waals surface area contributed by atoms with Crippen LogP contribution in [-0.4, -0.2) is 19.5 Å². The molecule has 0 unspecified atom stereocenters. The molecule has 5 nitrogen and oxygen atoms in total. The minimum absolute atomic E-state index is 0.0582. The van der Waals surface area contributed by atoms with Gasteiger partial charge in [0.05, 0.1) is 23.5 Å². The van der Waals surface area contributed by atoms with Gasteiger partial charge in [-0.05, 0) is 92.3 Å². The van der Waals surface area contributed by atoms with Crippen molar-refractivity contribution in [2.75, 3.05) is 0 Å². The number of nitrogens with zero attached hydrogens (tertiary/aromatic N) is 4. The molecule has 0 aliphatic heterocycles. The summed E-state index contributed by atoms with van der Waals surface area (Å²) in [7, 11) is 0.